The summed E-state index contributed by atoms with van der Waals surface area (Å²) in [6, 6.07) is 67.3. The molecule has 0 unspecified atom stereocenters. The normalized spacial score (nSPS) is 23.8. The van der Waals surface area contributed by atoms with E-state index in [0.29, 0.717) is 6.61 Å². The number of hydrogen-bond acceptors (Lipinski definition) is 12. The Morgan fingerprint density at radius 1 is 0.324 bits per heavy atom. The molecule has 9 rings (SSSR count). The molecule has 386 valence electrons. The summed E-state index contributed by atoms with van der Waals surface area (Å²) < 4.78 is 73.5. The minimum atomic E-state index is -1.42. The molecule has 0 radical (unpaired) electrons. The molecule has 0 aliphatic carbocycles. The Balaban J connectivity index is 1.05. The van der Waals surface area contributed by atoms with Crippen molar-refractivity contribution in [3.05, 3.63) is 245 Å². The molecule has 0 spiro atoms. The van der Waals surface area contributed by atoms with E-state index in [1.165, 1.54) is 0 Å². The quantitative estimate of drug-likeness (QED) is 0.0556. The number of hydrogen-bond donors (Lipinski definition) is 1. The summed E-state index contributed by atoms with van der Waals surface area (Å²) >= 11 is 0. The zero-order valence-electron chi connectivity index (χ0n) is 41.7. The van der Waals surface area contributed by atoms with E-state index >= 15 is 0 Å². The molecule has 7 aromatic rings. The molecule has 12 nitrogen and oxygen atoms in total. The van der Waals surface area contributed by atoms with Crippen molar-refractivity contribution in [3.8, 4) is 5.75 Å². The van der Waals surface area contributed by atoms with Gasteiger partial charge in [0.25, 0.3) is 0 Å². The SMILES string of the molecule is COc1ccc(CO[C@@H]2[C@H](OC[C@H]3O[C@@H](O)[C@H](OCc4ccccc4)[C@@H](OCc4ccccc4)[C@@H]3OCc3ccccc3)O[C@H](COCc3ccccc3)[C@@H](OCc3ccccc3)[C@@H]2OCc2ccccc2)cc1. The summed E-state index contributed by atoms with van der Waals surface area (Å²) in [7, 11) is 1.64. The van der Waals surface area contributed by atoms with Gasteiger partial charge in [0.15, 0.2) is 12.6 Å². The number of benzene rings is 7. The van der Waals surface area contributed by atoms with Crippen LogP contribution in [0.4, 0.5) is 0 Å². The van der Waals surface area contributed by atoms with E-state index in [-0.39, 0.29) is 52.9 Å². The maximum atomic E-state index is 12.0. The second kappa shape index (κ2) is 28.0. The smallest absolute Gasteiger partial charge is 0.187 e. The van der Waals surface area contributed by atoms with Crippen molar-refractivity contribution in [3.63, 3.8) is 0 Å². The van der Waals surface area contributed by atoms with Crippen LogP contribution in [-0.2, 0) is 93.6 Å². The number of methoxy groups -OCH3 is 1. The molecule has 0 amide bonds. The maximum absolute atomic E-state index is 12.0. The summed E-state index contributed by atoms with van der Waals surface area (Å²) in [5.41, 5.74) is 6.69. The lowest BCUT2D eigenvalue weighted by Gasteiger charge is -2.47. The molecular weight excluding hydrogens is 937 g/mol. The molecule has 2 aliphatic rings. The fourth-order valence-corrected chi connectivity index (χ4v) is 9.12. The Labute approximate surface area is 434 Å². The van der Waals surface area contributed by atoms with Gasteiger partial charge in [-0.15, -0.1) is 0 Å². The highest BCUT2D eigenvalue weighted by Crippen LogP contribution is 2.35. The fourth-order valence-electron chi connectivity index (χ4n) is 9.12. The zero-order chi connectivity index (χ0) is 50.6. The van der Waals surface area contributed by atoms with Crippen LogP contribution in [0, 0.1) is 0 Å². The third kappa shape index (κ3) is 15.3. The van der Waals surface area contributed by atoms with E-state index in [1.54, 1.807) is 7.11 Å². The number of aliphatic hydroxyl groups is 1. The zero-order valence-corrected chi connectivity index (χ0v) is 41.7. The highest BCUT2D eigenvalue weighted by molar-refractivity contribution is 5.27. The Kier molecular flexibility index (Phi) is 19.9. The molecule has 0 bridgehead atoms. The minimum absolute atomic E-state index is 0.112. The van der Waals surface area contributed by atoms with Gasteiger partial charge in [-0.3, -0.25) is 0 Å². The van der Waals surface area contributed by atoms with Crippen LogP contribution in [0.1, 0.15) is 38.9 Å². The Hall–Kier alpha value is -6.10. The van der Waals surface area contributed by atoms with Gasteiger partial charge in [0, 0.05) is 0 Å². The van der Waals surface area contributed by atoms with Crippen LogP contribution >= 0.6 is 0 Å². The van der Waals surface area contributed by atoms with Crippen LogP contribution in [0.15, 0.2) is 206 Å². The van der Waals surface area contributed by atoms with E-state index < -0.39 is 61.4 Å². The number of ether oxygens (including phenoxy) is 11. The van der Waals surface area contributed by atoms with Gasteiger partial charge in [-0.05, 0) is 51.1 Å². The highest BCUT2D eigenvalue weighted by atomic mass is 16.7. The first-order chi connectivity index (χ1) is 36.6. The molecular formula is C62H66O12. The van der Waals surface area contributed by atoms with Crippen molar-refractivity contribution < 1.29 is 57.2 Å². The maximum Gasteiger partial charge on any atom is 0.187 e. The van der Waals surface area contributed by atoms with Crippen LogP contribution < -0.4 is 4.74 Å². The first-order valence-corrected chi connectivity index (χ1v) is 25.3. The first kappa shape index (κ1) is 52.8. The Morgan fingerprint density at radius 2 is 0.649 bits per heavy atom. The van der Waals surface area contributed by atoms with Gasteiger partial charge in [0.05, 0.1) is 66.6 Å². The van der Waals surface area contributed by atoms with E-state index in [1.807, 2.05) is 206 Å². The van der Waals surface area contributed by atoms with Gasteiger partial charge in [0.1, 0.15) is 54.6 Å². The molecule has 2 aliphatic heterocycles. The van der Waals surface area contributed by atoms with Crippen molar-refractivity contribution >= 4 is 0 Å². The van der Waals surface area contributed by atoms with Crippen LogP contribution in [0.3, 0.4) is 0 Å². The summed E-state index contributed by atoms with van der Waals surface area (Å²) in [6.45, 7) is 1.74. The second-order valence-electron chi connectivity index (χ2n) is 18.4. The second-order valence-corrected chi connectivity index (χ2v) is 18.4. The van der Waals surface area contributed by atoms with E-state index in [9.17, 15) is 5.11 Å². The van der Waals surface area contributed by atoms with Gasteiger partial charge in [0.2, 0.25) is 0 Å². The van der Waals surface area contributed by atoms with E-state index in [4.69, 9.17) is 52.1 Å². The van der Waals surface area contributed by atoms with Crippen LogP contribution in [0.2, 0.25) is 0 Å². The van der Waals surface area contributed by atoms with Crippen molar-refractivity contribution in [1.82, 2.24) is 0 Å². The monoisotopic (exact) mass is 1000 g/mol. The average molecular weight is 1000 g/mol. The van der Waals surface area contributed by atoms with Gasteiger partial charge >= 0.3 is 0 Å². The fraction of sp³-hybridized carbons (Fsp3) is 0.323. The lowest BCUT2D eigenvalue weighted by atomic mass is 9.97. The van der Waals surface area contributed by atoms with Crippen molar-refractivity contribution in [1.29, 1.82) is 0 Å². The highest BCUT2D eigenvalue weighted by Gasteiger charge is 2.52. The minimum Gasteiger partial charge on any atom is -0.497 e. The summed E-state index contributed by atoms with van der Waals surface area (Å²) in [6.07, 6.45) is -8.93. The van der Waals surface area contributed by atoms with Crippen LogP contribution in [0.25, 0.3) is 0 Å². The van der Waals surface area contributed by atoms with E-state index in [0.717, 1.165) is 44.7 Å². The predicted molar refractivity (Wildman–Crippen MR) is 278 cm³/mol. The number of aliphatic hydroxyl groups excluding tert-OH is 1. The Morgan fingerprint density at radius 3 is 1.05 bits per heavy atom. The van der Waals surface area contributed by atoms with Crippen molar-refractivity contribution in [2.75, 3.05) is 20.3 Å². The molecule has 74 heavy (non-hydrogen) atoms. The molecule has 2 heterocycles. The molecule has 0 saturated carbocycles. The van der Waals surface area contributed by atoms with Crippen LogP contribution in [-0.4, -0.2) is 86.8 Å². The van der Waals surface area contributed by atoms with Gasteiger partial charge in [-0.25, -0.2) is 0 Å². The molecule has 10 atom stereocenters. The lowest BCUT2D eigenvalue weighted by molar-refractivity contribution is -0.349. The molecule has 12 heteroatoms. The number of rotatable bonds is 26. The molecule has 1 N–H and O–H groups in total. The van der Waals surface area contributed by atoms with Gasteiger partial charge in [-0.1, -0.05) is 194 Å². The molecule has 7 aromatic carbocycles. The molecule has 2 fully saturated rings. The molecule has 0 aromatic heterocycles. The van der Waals surface area contributed by atoms with Crippen molar-refractivity contribution in [2.24, 2.45) is 0 Å². The third-order valence-electron chi connectivity index (χ3n) is 13.0. The van der Waals surface area contributed by atoms with Gasteiger partial charge < -0.3 is 57.2 Å². The standard InChI is InChI=1S/C62H66O12/c1-64-52-34-32-51(33-35-52)42-71-60-58(69-40-49-28-16-6-17-29-49)55(66-37-46-22-10-3-11-23-46)53(43-65-36-45-20-8-2-9-21-45)74-62(60)72-44-54-56(67-38-47-24-12-4-13-25-47)57(68-39-48-26-14-5-15-27-48)59(61(63)73-54)70-41-50-30-18-7-19-31-50/h2-35,53-63H,36-44H2,1H3/t53-,54-,55-,56-,57+,58+,59-,60+,61-,62-/m1/s1. The van der Waals surface area contributed by atoms with E-state index in [2.05, 4.69) is 0 Å². The average Bonchev–Trinajstić information content (AvgIpc) is 3.46. The lowest BCUT2D eigenvalue weighted by Crippen LogP contribution is -2.63. The van der Waals surface area contributed by atoms with Gasteiger partial charge in [-0.2, -0.15) is 0 Å². The first-order valence-electron chi connectivity index (χ1n) is 25.3. The Bertz CT molecular complexity index is 2620. The summed E-state index contributed by atoms with van der Waals surface area (Å²) in [5, 5.41) is 12.0. The predicted octanol–water partition coefficient (Wildman–Crippen LogP) is 10.2. The summed E-state index contributed by atoms with van der Waals surface area (Å²) in [5.74, 6) is 0.727. The van der Waals surface area contributed by atoms with Crippen LogP contribution in [0.5, 0.6) is 5.75 Å². The third-order valence-corrected chi connectivity index (χ3v) is 13.0. The van der Waals surface area contributed by atoms with Crippen molar-refractivity contribution in [2.45, 2.75) is 108 Å². The molecule has 2 saturated heterocycles. The summed E-state index contributed by atoms with van der Waals surface area (Å²) in [4.78, 5) is 0. The topological polar surface area (TPSA) is 122 Å². The largest absolute Gasteiger partial charge is 0.497 e.